The standard InChI is InChI=1S/C28H38F4O4/c1-3-4-26(21-11-17-6-18(13-21)14-22(26)12-17)36-24(34)28(31,32)27(29,30)23(33)35-25(2)19-7-15-5-16(9-19)10-20(25)8-15/h15-22H,3-14H2,1-2H3. The van der Waals surface area contributed by atoms with E-state index in [1.54, 1.807) is 6.92 Å². The molecule has 36 heavy (non-hydrogen) atoms. The van der Waals surface area contributed by atoms with Gasteiger partial charge in [-0.3, -0.25) is 0 Å². The van der Waals surface area contributed by atoms with Crippen LogP contribution in [0.1, 0.15) is 90.9 Å². The molecule has 8 heteroatoms. The van der Waals surface area contributed by atoms with E-state index in [1.165, 1.54) is 0 Å². The molecule has 8 saturated carbocycles. The molecule has 0 aromatic heterocycles. The highest BCUT2D eigenvalue weighted by molar-refractivity contribution is 5.90. The number of hydrogen-bond donors (Lipinski definition) is 0. The number of rotatable bonds is 7. The van der Waals surface area contributed by atoms with Crippen LogP contribution in [0.4, 0.5) is 17.6 Å². The maximum Gasteiger partial charge on any atom is 0.415 e. The van der Waals surface area contributed by atoms with Crippen molar-refractivity contribution in [1.82, 2.24) is 0 Å². The molecule has 8 rings (SSSR count). The Labute approximate surface area is 210 Å². The molecule has 0 aliphatic heterocycles. The topological polar surface area (TPSA) is 52.6 Å². The Balaban J connectivity index is 1.20. The summed E-state index contributed by atoms with van der Waals surface area (Å²) in [7, 11) is 0. The van der Waals surface area contributed by atoms with Crippen LogP contribution in [0.3, 0.4) is 0 Å². The highest BCUT2D eigenvalue weighted by Gasteiger charge is 2.72. The van der Waals surface area contributed by atoms with Gasteiger partial charge in [0.25, 0.3) is 0 Å². The van der Waals surface area contributed by atoms with Crippen LogP contribution in [0, 0.1) is 47.3 Å². The average molecular weight is 515 g/mol. The molecule has 0 heterocycles. The van der Waals surface area contributed by atoms with Crippen molar-refractivity contribution >= 4 is 11.9 Å². The molecule has 0 radical (unpaired) electrons. The normalized spacial score (nSPS) is 46.7. The lowest BCUT2D eigenvalue weighted by atomic mass is 9.49. The lowest BCUT2D eigenvalue weighted by molar-refractivity contribution is -0.272. The zero-order valence-electron chi connectivity index (χ0n) is 21.2. The highest BCUT2D eigenvalue weighted by Crippen LogP contribution is 2.62. The fourth-order valence-electron chi connectivity index (χ4n) is 10.0. The fraction of sp³-hybridized carbons (Fsp3) is 0.929. The van der Waals surface area contributed by atoms with Gasteiger partial charge >= 0.3 is 23.8 Å². The number of alkyl halides is 4. The van der Waals surface area contributed by atoms with Gasteiger partial charge in [-0.15, -0.1) is 0 Å². The number of halogens is 4. The second-order valence-corrected chi connectivity index (χ2v) is 13.4. The summed E-state index contributed by atoms with van der Waals surface area (Å²) in [5, 5.41) is 0. The van der Waals surface area contributed by atoms with Gasteiger partial charge in [0.15, 0.2) is 0 Å². The van der Waals surface area contributed by atoms with E-state index in [-0.39, 0.29) is 23.7 Å². The van der Waals surface area contributed by atoms with E-state index < -0.39 is 35.0 Å². The van der Waals surface area contributed by atoms with Crippen LogP contribution in [0.25, 0.3) is 0 Å². The van der Waals surface area contributed by atoms with Crippen LogP contribution >= 0.6 is 0 Å². The van der Waals surface area contributed by atoms with Crippen LogP contribution in [-0.2, 0) is 19.1 Å². The molecule has 0 saturated heterocycles. The van der Waals surface area contributed by atoms with E-state index in [0.29, 0.717) is 36.5 Å². The van der Waals surface area contributed by atoms with Crippen LogP contribution in [0.2, 0.25) is 0 Å². The molecule has 0 atom stereocenters. The number of esters is 2. The van der Waals surface area contributed by atoms with Crippen LogP contribution in [0.15, 0.2) is 0 Å². The van der Waals surface area contributed by atoms with Gasteiger partial charge in [0.2, 0.25) is 0 Å². The van der Waals surface area contributed by atoms with Gasteiger partial charge in [-0.1, -0.05) is 13.3 Å². The lowest BCUT2D eigenvalue weighted by Gasteiger charge is -2.60. The van der Waals surface area contributed by atoms with Gasteiger partial charge in [0.05, 0.1) is 0 Å². The first-order valence-electron chi connectivity index (χ1n) is 14.1. The van der Waals surface area contributed by atoms with E-state index >= 15 is 17.6 Å². The van der Waals surface area contributed by atoms with Crippen molar-refractivity contribution in [3.8, 4) is 0 Å². The molecule has 0 aromatic rings. The Hall–Kier alpha value is -1.34. The summed E-state index contributed by atoms with van der Waals surface area (Å²) in [6.45, 7) is 3.51. The van der Waals surface area contributed by atoms with Gasteiger partial charge < -0.3 is 9.47 Å². The Morgan fingerprint density at radius 2 is 1.03 bits per heavy atom. The average Bonchev–Trinajstić information content (AvgIpc) is 2.80. The summed E-state index contributed by atoms with van der Waals surface area (Å²) in [6, 6.07) is 0. The van der Waals surface area contributed by atoms with E-state index in [1.807, 2.05) is 6.92 Å². The van der Waals surface area contributed by atoms with E-state index in [9.17, 15) is 9.59 Å². The van der Waals surface area contributed by atoms with Gasteiger partial charge in [-0.2, -0.15) is 17.6 Å². The summed E-state index contributed by atoms with van der Waals surface area (Å²) in [6.07, 6.45) is 9.42. The van der Waals surface area contributed by atoms with Crippen molar-refractivity contribution in [1.29, 1.82) is 0 Å². The first-order valence-corrected chi connectivity index (χ1v) is 14.1. The van der Waals surface area contributed by atoms with Crippen LogP contribution in [0.5, 0.6) is 0 Å². The molecular weight excluding hydrogens is 476 g/mol. The van der Waals surface area contributed by atoms with Crippen molar-refractivity contribution in [2.75, 3.05) is 0 Å². The molecule has 8 aliphatic carbocycles. The number of carbonyl (C=O) groups excluding carboxylic acids is 2. The molecule has 8 aliphatic rings. The zero-order chi connectivity index (χ0) is 25.7. The zero-order valence-corrected chi connectivity index (χ0v) is 21.2. The molecule has 8 bridgehead atoms. The molecule has 0 amide bonds. The Bertz CT molecular complexity index is 875. The Morgan fingerprint density at radius 1 is 0.667 bits per heavy atom. The molecule has 202 valence electrons. The molecule has 0 aromatic carbocycles. The van der Waals surface area contributed by atoms with Gasteiger partial charge in [0.1, 0.15) is 11.2 Å². The van der Waals surface area contributed by atoms with E-state index in [2.05, 4.69) is 0 Å². The van der Waals surface area contributed by atoms with Crippen molar-refractivity contribution in [3.63, 3.8) is 0 Å². The predicted molar refractivity (Wildman–Crippen MR) is 122 cm³/mol. The minimum absolute atomic E-state index is 0.0824. The summed E-state index contributed by atoms with van der Waals surface area (Å²) < 4.78 is 71.4. The fourth-order valence-corrected chi connectivity index (χ4v) is 10.0. The highest BCUT2D eigenvalue weighted by atomic mass is 19.3. The SMILES string of the molecule is CCCC1(OC(=O)C(F)(F)C(F)(F)C(=O)OC2(C)C3CC4CC(C3)CC2C4)C2CC3CC(C2)CC1C3. The predicted octanol–water partition coefficient (Wildman–Crippen LogP) is 6.55. The molecule has 0 N–H and O–H groups in total. The van der Waals surface area contributed by atoms with E-state index in [4.69, 9.17) is 9.47 Å². The quantitative estimate of drug-likeness (QED) is 0.285. The Morgan fingerprint density at radius 3 is 1.42 bits per heavy atom. The minimum atomic E-state index is -5.29. The lowest BCUT2D eigenvalue weighted by Crippen LogP contribution is -2.64. The molecular formula is C28H38F4O4. The van der Waals surface area contributed by atoms with Crippen molar-refractivity contribution in [2.24, 2.45) is 47.3 Å². The first kappa shape index (κ1) is 25.0. The van der Waals surface area contributed by atoms with Gasteiger partial charge in [-0.25, -0.2) is 9.59 Å². The monoisotopic (exact) mass is 514 g/mol. The third kappa shape index (κ3) is 3.43. The summed E-state index contributed by atoms with van der Waals surface area (Å²) in [4.78, 5) is 25.5. The minimum Gasteiger partial charge on any atom is -0.454 e. The maximum atomic E-state index is 15.2. The molecule has 8 fully saturated rings. The first-order chi connectivity index (χ1) is 16.9. The van der Waals surface area contributed by atoms with Crippen molar-refractivity contribution < 1.29 is 36.6 Å². The second-order valence-electron chi connectivity index (χ2n) is 13.4. The summed E-state index contributed by atoms with van der Waals surface area (Å²) >= 11 is 0. The summed E-state index contributed by atoms with van der Waals surface area (Å²) in [5.41, 5.74) is -2.34. The van der Waals surface area contributed by atoms with Crippen molar-refractivity contribution in [2.45, 2.75) is 114 Å². The third-order valence-electron chi connectivity index (χ3n) is 11.4. The number of carbonyl (C=O) groups is 2. The van der Waals surface area contributed by atoms with Crippen LogP contribution < -0.4 is 0 Å². The smallest absolute Gasteiger partial charge is 0.415 e. The Kier molecular flexibility index (Phi) is 5.60. The number of hydrogen-bond acceptors (Lipinski definition) is 4. The summed E-state index contributed by atoms with van der Waals surface area (Å²) in [5.74, 6) is -13.5. The number of ether oxygens (including phenoxy) is 2. The van der Waals surface area contributed by atoms with E-state index in [0.717, 1.165) is 64.2 Å². The maximum absolute atomic E-state index is 15.2. The molecule has 0 unspecified atom stereocenters. The van der Waals surface area contributed by atoms with Gasteiger partial charge in [-0.05, 0) is 125 Å². The molecule has 0 spiro atoms. The second kappa shape index (κ2) is 8.08. The third-order valence-corrected chi connectivity index (χ3v) is 11.4. The largest absolute Gasteiger partial charge is 0.454 e. The molecule has 4 nitrogen and oxygen atoms in total. The van der Waals surface area contributed by atoms with Gasteiger partial charge in [0, 0.05) is 0 Å². The van der Waals surface area contributed by atoms with Crippen molar-refractivity contribution in [3.05, 3.63) is 0 Å². The van der Waals surface area contributed by atoms with Crippen LogP contribution in [-0.4, -0.2) is 35.0 Å².